The van der Waals surface area contributed by atoms with Crippen LogP contribution in [0.2, 0.25) is 0 Å². The predicted octanol–water partition coefficient (Wildman–Crippen LogP) is 2.96. The molecule has 0 saturated carbocycles. The molecule has 0 aliphatic heterocycles. The number of alkyl halides is 1. The van der Waals surface area contributed by atoms with Crippen LogP contribution in [-0.4, -0.2) is 13.3 Å². The number of hydrogen-bond acceptors (Lipinski definition) is 2. The first-order chi connectivity index (χ1) is 6.92. The first-order valence-corrected chi connectivity index (χ1v) is 5.51. The Hall–Kier alpha value is -0.930. The monoisotopic (exact) mass is 209 g/mol. The zero-order chi connectivity index (χ0) is 9.80. The van der Waals surface area contributed by atoms with E-state index in [0.717, 1.165) is 6.42 Å². The van der Waals surface area contributed by atoms with E-state index in [1.807, 2.05) is 12.1 Å². The maximum absolute atomic E-state index is 11.8. The maximum atomic E-state index is 11.8. The summed E-state index contributed by atoms with van der Waals surface area (Å²) < 4.78 is 13.1. The topological polar surface area (TPSA) is 12.0 Å². The largest absolute Gasteiger partial charge is 0.290 e. The first kappa shape index (κ1) is 9.62. The Morgan fingerprint density at radius 2 is 2.14 bits per heavy atom. The third kappa shape index (κ3) is 1.94. The highest BCUT2D eigenvalue weighted by Gasteiger charge is 2.01. The van der Waals surface area contributed by atoms with Gasteiger partial charge in [-0.3, -0.25) is 5.32 Å². The van der Waals surface area contributed by atoms with Crippen LogP contribution in [0.25, 0.3) is 10.1 Å². The summed E-state index contributed by atoms with van der Waals surface area (Å²) in [7, 11) is 0. The van der Waals surface area contributed by atoms with Gasteiger partial charge in [-0.2, -0.15) is 0 Å². The lowest BCUT2D eigenvalue weighted by Crippen LogP contribution is -2.14. The first-order valence-electron chi connectivity index (χ1n) is 4.63. The highest BCUT2D eigenvalue weighted by atomic mass is 32.1. The van der Waals surface area contributed by atoms with Crippen molar-refractivity contribution in [1.29, 1.82) is 0 Å². The molecule has 0 aliphatic rings. The summed E-state index contributed by atoms with van der Waals surface area (Å²) in [5, 5.41) is 6.15. The minimum atomic E-state index is -0.442. The highest BCUT2D eigenvalue weighted by Crippen LogP contribution is 2.25. The zero-order valence-electron chi connectivity index (χ0n) is 7.79. The van der Waals surface area contributed by atoms with Gasteiger partial charge in [0.15, 0.2) is 0 Å². The fraction of sp³-hybridized carbons (Fsp3) is 0.273. The summed E-state index contributed by atoms with van der Waals surface area (Å²) in [4.78, 5) is 0. The van der Waals surface area contributed by atoms with Crippen LogP contribution in [0.15, 0.2) is 29.6 Å². The number of fused-ring (bicyclic) bond motifs is 1. The van der Waals surface area contributed by atoms with Crippen LogP contribution in [0.1, 0.15) is 5.56 Å². The predicted molar refractivity (Wildman–Crippen MR) is 59.5 cm³/mol. The van der Waals surface area contributed by atoms with Crippen molar-refractivity contribution < 1.29 is 4.39 Å². The lowest BCUT2D eigenvalue weighted by atomic mass is 10.1. The number of hydrogen-bond donors (Lipinski definition) is 1. The van der Waals surface area contributed by atoms with Crippen molar-refractivity contribution in [3.05, 3.63) is 35.2 Å². The van der Waals surface area contributed by atoms with Crippen molar-refractivity contribution in [2.24, 2.45) is 0 Å². The Labute approximate surface area is 86.6 Å². The van der Waals surface area contributed by atoms with Gasteiger partial charge in [0.25, 0.3) is 0 Å². The molecule has 1 nitrogen and oxygen atoms in total. The summed E-state index contributed by atoms with van der Waals surface area (Å²) in [6, 6.07) is 8.33. The SMILES string of the molecule is FCNCCc1csc2ccccc12. The molecule has 0 bridgehead atoms. The van der Waals surface area contributed by atoms with Crippen LogP contribution in [0.3, 0.4) is 0 Å². The van der Waals surface area contributed by atoms with Gasteiger partial charge < -0.3 is 0 Å². The molecule has 0 amide bonds. The van der Waals surface area contributed by atoms with E-state index in [9.17, 15) is 4.39 Å². The van der Waals surface area contributed by atoms with E-state index in [-0.39, 0.29) is 0 Å². The Morgan fingerprint density at radius 3 is 3.00 bits per heavy atom. The molecule has 1 aromatic heterocycles. The Bertz CT molecular complexity index is 410. The molecular weight excluding hydrogens is 197 g/mol. The van der Waals surface area contributed by atoms with Crippen molar-refractivity contribution in [1.82, 2.24) is 5.32 Å². The molecule has 0 atom stereocenters. The third-order valence-corrected chi connectivity index (χ3v) is 3.24. The normalized spacial score (nSPS) is 10.9. The van der Waals surface area contributed by atoms with E-state index in [4.69, 9.17) is 0 Å². The Kier molecular flexibility index (Phi) is 3.11. The van der Waals surface area contributed by atoms with Gasteiger partial charge in [-0.1, -0.05) is 18.2 Å². The molecule has 2 rings (SSSR count). The molecule has 0 aliphatic carbocycles. The number of benzene rings is 1. The lowest BCUT2D eigenvalue weighted by molar-refractivity contribution is 0.428. The second-order valence-electron chi connectivity index (χ2n) is 3.14. The molecule has 1 N–H and O–H groups in total. The van der Waals surface area contributed by atoms with Gasteiger partial charge in [-0.05, 0) is 28.8 Å². The minimum Gasteiger partial charge on any atom is -0.290 e. The van der Waals surface area contributed by atoms with Crippen molar-refractivity contribution in [3.63, 3.8) is 0 Å². The number of nitrogens with one attached hydrogen (secondary N) is 1. The van der Waals surface area contributed by atoms with Gasteiger partial charge >= 0.3 is 0 Å². The third-order valence-electron chi connectivity index (χ3n) is 2.23. The van der Waals surface area contributed by atoms with E-state index in [2.05, 4.69) is 22.8 Å². The van der Waals surface area contributed by atoms with Gasteiger partial charge in [-0.15, -0.1) is 11.3 Å². The molecule has 1 aromatic carbocycles. The van der Waals surface area contributed by atoms with Gasteiger partial charge in [0.2, 0.25) is 0 Å². The quantitative estimate of drug-likeness (QED) is 0.603. The summed E-state index contributed by atoms with van der Waals surface area (Å²) in [5.74, 6) is 0. The van der Waals surface area contributed by atoms with Crippen LogP contribution in [0.5, 0.6) is 0 Å². The molecule has 2 aromatic rings. The Balaban J connectivity index is 2.17. The fourth-order valence-corrected chi connectivity index (χ4v) is 2.51. The molecule has 14 heavy (non-hydrogen) atoms. The molecule has 0 saturated heterocycles. The van der Waals surface area contributed by atoms with E-state index in [0.29, 0.717) is 6.54 Å². The maximum Gasteiger partial charge on any atom is 0.140 e. The van der Waals surface area contributed by atoms with Crippen molar-refractivity contribution in [3.8, 4) is 0 Å². The fourth-order valence-electron chi connectivity index (χ4n) is 1.52. The molecule has 0 radical (unpaired) electrons. The van der Waals surface area contributed by atoms with Gasteiger partial charge in [-0.25, -0.2) is 4.39 Å². The van der Waals surface area contributed by atoms with E-state index >= 15 is 0 Å². The lowest BCUT2D eigenvalue weighted by Gasteiger charge is -1.99. The highest BCUT2D eigenvalue weighted by molar-refractivity contribution is 7.17. The van der Waals surface area contributed by atoms with E-state index < -0.39 is 6.80 Å². The van der Waals surface area contributed by atoms with Crippen LogP contribution in [0.4, 0.5) is 4.39 Å². The van der Waals surface area contributed by atoms with E-state index in [1.54, 1.807) is 11.3 Å². The van der Waals surface area contributed by atoms with Crippen LogP contribution >= 0.6 is 11.3 Å². The van der Waals surface area contributed by atoms with Crippen molar-refractivity contribution in [2.75, 3.05) is 13.3 Å². The molecule has 0 unspecified atom stereocenters. The summed E-state index contributed by atoms with van der Waals surface area (Å²) in [5.41, 5.74) is 1.31. The smallest absolute Gasteiger partial charge is 0.140 e. The molecule has 1 heterocycles. The van der Waals surface area contributed by atoms with E-state index in [1.165, 1.54) is 15.6 Å². The van der Waals surface area contributed by atoms with Crippen LogP contribution in [-0.2, 0) is 6.42 Å². The van der Waals surface area contributed by atoms with Crippen molar-refractivity contribution >= 4 is 21.4 Å². The standard InChI is InChI=1S/C11H12FNS/c12-8-13-6-5-9-7-14-11-4-2-1-3-10(9)11/h1-4,7,13H,5-6,8H2. The van der Waals surface area contributed by atoms with Crippen LogP contribution in [0, 0.1) is 0 Å². The van der Waals surface area contributed by atoms with Gasteiger partial charge in [0.1, 0.15) is 6.80 Å². The molecule has 0 spiro atoms. The second kappa shape index (κ2) is 4.53. The average molecular weight is 209 g/mol. The molecular formula is C11H12FNS. The molecule has 74 valence electrons. The summed E-state index contributed by atoms with van der Waals surface area (Å²) >= 11 is 1.75. The Morgan fingerprint density at radius 1 is 1.29 bits per heavy atom. The van der Waals surface area contributed by atoms with Crippen LogP contribution < -0.4 is 5.32 Å². The zero-order valence-corrected chi connectivity index (χ0v) is 8.61. The number of rotatable bonds is 4. The van der Waals surface area contributed by atoms with Gasteiger partial charge in [0, 0.05) is 11.2 Å². The summed E-state index contributed by atoms with van der Waals surface area (Å²) in [6.07, 6.45) is 0.897. The van der Waals surface area contributed by atoms with Crippen molar-refractivity contribution in [2.45, 2.75) is 6.42 Å². The molecule has 3 heteroatoms. The summed E-state index contributed by atoms with van der Waals surface area (Å²) in [6.45, 7) is 0.263. The van der Waals surface area contributed by atoms with Gasteiger partial charge in [0.05, 0.1) is 0 Å². The molecule has 0 fully saturated rings. The average Bonchev–Trinajstić information content (AvgIpc) is 2.63. The second-order valence-corrected chi connectivity index (χ2v) is 4.05. The number of halogens is 1. The minimum absolute atomic E-state index is 0.442. The number of thiophene rings is 1.